The van der Waals surface area contributed by atoms with E-state index in [9.17, 15) is 4.79 Å². The molecule has 1 fully saturated rings. The van der Waals surface area contributed by atoms with Crippen molar-refractivity contribution in [3.05, 3.63) is 0 Å². The Bertz CT molecular complexity index is 184. The maximum Gasteiger partial charge on any atom is 0.317 e. The van der Waals surface area contributed by atoms with E-state index in [0.29, 0.717) is 12.5 Å². The molecule has 0 amide bonds. The zero-order valence-electron chi connectivity index (χ0n) is 7.94. The Labute approximate surface area is 78.2 Å². The Hall–Kier alpha value is -0.610. The summed E-state index contributed by atoms with van der Waals surface area (Å²) < 4.78 is 0. The molecule has 1 saturated heterocycles. The second kappa shape index (κ2) is 4.58. The maximum absolute atomic E-state index is 10.4. The van der Waals surface area contributed by atoms with Gasteiger partial charge in [0.2, 0.25) is 0 Å². The molecule has 1 rings (SSSR count). The van der Waals surface area contributed by atoms with Crippen LogP contribution in [0.4, 0.5) is 0 Å². The van der Waals surface area contributed by atoms with E-state index in [0.717, 1.165) is 13.0 Å². The van der Waals surface area contributed by atoms with Crippen LogP contribution in [-0.2, 0) is 4.79 Å². The highest BCUT2D eigenvalue weighted by Crippen LogP contribution is 2.22. The number of carboxylic acids is 1. The molecule has 0 radical (unpaired) electrons. The molecule has 2 unspecified atom stereocenters. The van der Waals surface area contributed by atoms with E-state index in [1.165, 1.54) is 0 Å². The molecule has 0 aromatic carbocycles. The molecule has 0 aromatic heterocycles. The predicted molar refractivity (Wildman–Crippen MR) is 48.4 cm³/mol. The van der Waals surface area contributed by atoms with Crippen molar-refractivity contribution in [1.82, 2.24) is 4.90 Å². The van der Waals surface area contributed by atoms with Crippen LogP contribution in [0.15, 0.2) is 0 Å². The van der Waals surface area contributed by atoms with Gasteiger partial charge in [-0.1, -0.05) is 6.92 Å². The lowest BCUT2D eigenvalue weighted by molar-refractivity contribution is -0.139. The fourth-order valence-corrected chi connectivity index (χ4v) is 1.80. The van der Waals surface area contributed by atoms with Crippen LogP contribution in [0.25, 0.3) is 0 Å². The first-order chi connectivity index (χ1) is 6.13. The largest absolute Gasteiger partial charge is 0.480 e. The van der Waals surface area contributed by atoms with Crippen LogP contribution in [0.5, 0.6) is 0 Å². The van der Waals surface area contributed by atoms with E-state index in [-0.39, 0.29) is 19.1 Å². The Kier molecular flexibility index (Phi) is 3.69. The summed E-state index contributed by atoms with van der Waals surface area (Å²) in [6.45, 7) is 3.92. The van der Waals surface area contributed by atoms with Gasteiger partial charge in [-0.3, -0.25) is 9.69 Å². The quantitative estimate of drug-likeness (QED) is 0.654. The molecule has 0 saturated carbocycles. The Morgan fingerprint density at radius 2 is 2.31 bits per heavy atom. The summed E-state index contributed by atoms with van der Waals surface area (Å²) in [5, 5.41) is 17.6. The van der Waals surface area contributed by atoms with E-state index in [4.69, 9.17) is 10.2 Å². The van der Waals surface area contributed by atoms with Crippen LogP contribution in [0.2, 0.25) is 0 Å². The summed E-state index contributed by atoms with van der Waals surface area (Å²) >= 11 is 0. The van der Waals surface area contributed by atoms with Crippen LogP contribution in [0, 0.1) is 11.8 Å². The summed E-state index contributed by atoms with van der Waals surface area (Å²) in [5.74, 6) is -0.0330. The summed E-state index contributed by atoms with van der Waals surface area (Å²) in [4.78, 5) is 12.3. The topological polar surface area (TPSA) is 60.8 Å². The SMILES string of the molecule is CC1CCN(CC(=O)O)CC1CO. The number of carboxylic acid groups (broad SMARTS) is 1. The van der Waals surface area contributed by atoms with Gasteiger partial charge in [0, 0.05) is 13.2 Å². The molecule has 1 aliphatic rings. The number of likely N-dealkylation sites (tertiary alicyclic amines) is 1. The van der Waals surface area contributed by atoms with Crippen molar-refractivity contribution < 1.29 is 15.0 Å². The fraction of sp³-hybridized carbons (Fsp3) is 0.889. The third kappa shape index (κ3) is 2.97. The van der Waals surface area contributed by atoms with Crippen LogP contribution >= 0.6 is 0 Å². The van der Waals surface area contributed by atoms with Gasteiger partial charge in [0.15, 0.2) is 0 Å². The third-order valence-corrected chi connectivity index (χ3v) is 2.79. The lowest BCUT2D eigenvalue weighted by Gasteiger charge is -2.35. The molecule has 2 atom stereocenters. The van der Waals surface area contributed by atoms with Crippen molar-refractivity contribution in [1.29, 1.82) is 0 Å². The summed E-state index contributed by atoms with van der Waals surface area (Å²) in [5.41, 5.74) is 0. The van der Waals surface area contributed by atoms with Gasteiger partial charge >= 0.3 is 5.97 Å². The number of aliphatic hydroxyl groups excluding tert-OH is 1. The molecular formula is C9H17NO3. The van der Waals surface area contributed by atoms with Gasteiger partial charge in [0.1, 0.15) is 0 Å². The number of hydrogen-bond donors (Lipinski definition) is 2. The molecule has 1 aliphatic heterocycles. The lowest BCUT2D eigenvalue weighted by atomic mass is 9.88. The number of carbonyl (C=O) groups is 1. The van der Waals surface area contributed by atoms with Crippen molar-refractivity contribution in [3.63, 3.8) is 0 Å². The predicted octanol–water partition coefficient (Wildman–Crippen LogP) is 0.0213. The van der Waals surface area contributed by atoms with E-state index >= 15 is 0 Å². The van der Waals surface area contributed by atoms with Crippen LogP contribution < -0.4 is 0 Å². The van der Waals surface area contributed by atoms with Crippen molar-refractivity contribution in [2.75, 3.05) is 26.2 Å². The standard InChI is InChI=1S/C9H17NO3/c1-7-2-3-10(5-9(12)13)4-8(7)6-11/h7-8,11H,2-6H2,1H3,(H,12,13). The van der Waals surface area contributed by atoms with Gasteiger partial charge in [-0.15, -0.1) is 0 Å². The molecule has 0 bridgehead atoms. The van der Waals surface area contributed by atoms with Crippen LogP contribution in [-0.4, -0.2) is 47.3 Å². The monoisotopic (exact) mass is 187 g/mol. The highest BCUT2D eigenvalue weighted by Gasteiger charge is 2.26. The second-order valence-electron chi connectivity index (χ2n) is 3.84. The Balaban J connectivity index is 2.40. The second-order valence-corrected chi connectivity index (χ2v) is 3.84. The van der Waals surface area contributed by atoms with Crippen molar-refractivity contribution in [2.45, 2.75) is 13.3 Å². The normalized spacial score (nSPS) is 30.3. The maximum atomic E-state index is 10.4. The zero-order valence-corrected chi connectivity index (χ0v) is 7.94. The van der Waals surface area contributed by atoms with Crippen molar-refractivity contribution >= 4 is 5.97 Å². The number of aliphatic hydroxyl groups is 1. The molecule has 0 spiro atoms. The van der Waals surface area contributed by atoms with Gasteiger partial charge < -0.3 is 10.2 Å². The first-order valence-electron chi connectivity index (χ1n) is 4.68. The molecule has 4 nitrogen and oxygen atoms in total. The van der Waals surface area contributed by atoms with Crippen molar-refractivity contribution in [3.8, 4) is 0 Å². The molecular weight excluding hydrogens is 170 g/mol. The minimum atomic E-state index is -0.786. The number of hydrogen-bond acceptors (Lipinski definition) is 3. The minimum absolute atomic E-state index is 0.100. The van der Waals surface area contributed by atoms with Gasteiger partial charge in [0.05, 0.1) is 6.54 Å². The Morgan fingerprint density at radius 1 is 1.62 bits per heavy atom. The van der Waals surface area contributed by atoms with Gasteiger partial charge in [-0.05, 0) is 24.8 Å². The van der Waals surface area contributed by atoms with E-state index in [1.807, 2.05) is 4.90 Å². The molecule has 4 heteroatoms. The molecule has 76 valence electrons. The highest BCUT2D eigenvalue weighted by atomic mass is 16.4. The summed E-state index contributed by atoms with van der Waals surface area (Å²) in [6.07, 6.45) is 0.985. The first-order valence-corrected chi connectivity index (χ1v) is 4.68. The number of aliphatic carboxylic acids is 1. The van der Waals surface area contributed by atoms with Gasteiger partial charge in [0.25, 0.3) is 0 Å². The van der Waals surface area contributed by atoms with Gasteiger partial charge in [-0.2, -0.15) is 0 Å². The lowest BCUT2D eigenvalue weighted by Crippen LogP contribution is -2.43. The van der Waals surface area contributed by atoms with E-state index in [2.05, 4.69) is 6.92 Å². The number of rotatable bonds is 3. The average Bonchev–Trinajstić information content (AvgIpc) is 2.07. The molecule has 0 aromatic rings. The third-order valence-electron chi connectivity index (χ3n) is 2.79. The number of nitrogens with zero attached hydrogens (tertiary/aromatic N) is 1. The molecule has 1 heterocycles. The highest BCUT2D eigenvalue weighted by molar-refractivity contribution is 5.69. The molecule has 2 N–H and O–H groups in total. The summed E-state index contributed by atoms with van der Waals surface area (Å²) in [7, 11) is 0. The summed E-state index contributed by atoms with van der Waals surface area (Å²) in [6, 6.07) is 0. The van der Waals surface area contributed by atoms with E-state index < -0.39 is 5.97 Å². The minimum Gasteiger partial charge on any atom is -0.480 e. The van der Waals surface area contributed by atoms with Crippen LogP contribution in [0.1, 0.15) is 13.3 Å². The molecule has 0 aliphatic carbocycles. The zero-order chi connectivity index (χ0) is 9.84. The smallest absolute Gasteiger partial charge is 0.317 e. The van der Waals surface area contributed by atoms with Gasteiger partial charge in [-0.25, -0.2) is 0 Å². The molecule has 13 heavy (non-hydrogen) atoms. The average molecular weight is 187 g/mol. The Morgan fingerprint density at radius 3 is 2.85 bits per heavy atom. The van der Waals surface area contributed by atoms with Crippen LogP contribution in [0.3, 0.4) is 0 Å². The first kappa shape index (κ1) is 10.5. The van der Waals surface area contributed by atoms with Crippen molar-refractivity contribution in [2.24, 2.45) is 11.8 Å². The van der Waals surface area contributed by atoms with E-state index in [1.54, 1.807) is 0 Å². The number of piperidine rings is 1. The fourth-order valence-electron chi connectivity index (χ4n) is 1.80.